The molecule has 0 heterocycles. The lowest BCUT2D eigenvalue weighted by Crippen LogP contribution is -2.24. The lowest BCUT2D eigenvalue weighted by Gasteiger charge is -2.10. The average Bonchev–Trinajstić information content (AvgIpc) is 2.31. The maximum absolute atomic E-state index is 11.0. The third-order valence-electron chi connectivity index (χ3n) is 1.89. The van der Waals surface area contributed by atoms with Crippen molar-refractivity contribution in [3.63, 3.8) is 0 Å². The van der Waals surface area contributed by atoms with E-state index in [-0.39, 0.29) is 5.11 Å². The highest BCUT2D eigenvalue weighted by atomic mass is 127. The van der Waals surface area contributed by atoms with Gasteiger partial charge in [0.2, 0.25) is 0 Å². The van der Waals surface area contributed by atoms with Gasteiger partial charge < -0.3 is 15.2 Å². The Labute approximate surface area is 129 Å². The molecule has 6 nitrogen and oxygen atoms in total. The monoisotopic (exact) mass is 393 g/mol. The van der Waals surface area contributed by atoms with Gasteiger partial charge in [-0.2, -0.15) is 5.10 Å². The minimum absolute atomic E-state index is 0.0782. The molecule has 0 radical (unpaired) electrons. The van der Waals surface area contributed by atoms with Gasteiger partial charge in [0.1, 0.15) is 0 Å². The topological polar surface area (TPSA) is 85.9 Å². The van der Waals surface area contributed by atoms with Crippen LogP contribution in [0.15, 0.2) is 17.2 Å². The fraction of sp³-hybridized carbons (Fsp3) is 0.182. The van der Waals surface area contributed by atoms with Gasteiger partial charge in [-0.05, 0) is 52.5 Å². The van der Waals surface area contributed by atoms with E-state index in [9.17, 15) is 4.79 Å². The van der Waals surface area contributed by atoms with Crippen molar-refractivity contribution in [1.29, 1.82) is 0 Å². The second-order valence-electron chi connectivity index (χ2n) is 3.36. The maximum Gasteiger partial charge on any atom is 0.308 e. The van der Waals surface area contributed by atoms with Crippen LogP contribution in [0.3, 0.4) is 0 Å². The number of nitrogens with zero attached hydrogens (tertiary/aromatic N) is 1. The summed E-state index contributed by atoms with van der Waals surface area (Å²) in [6.45, 7) is 1.33. The van der Waals surface area contributed by atoms with E-state index in [1.165, 1.54) is 20.2 Å². The second-order valence-corrected chi connectivity index (χ2v) is 4.96. The molecule has 0 saturated heterocycles. The molecular formula is C11H12IN3O3S. The Morgan fingerprint density at radius 3 is 2.79 bits per heavy atom. The summed E-state index contributed by atoms with van der Waals surface area (Å²) in [5.74, 6) is 0.418. The van der Waals surface area contributed by atoms with Crippen LogP contribution in [0.1, 0.15) is 12.5 Å². The van der Waals surface area contributed by atoms with Crippen molar-refractivity contribution in [2.45, 2.75) is 6.92 Å². The third kappa shape index (κ3) is 4.99. The number of halogens is 1. The van der Waals surface area contributed by atoms with Crippen molar-refractivity contribution >= 4 is 52.1 Å². The normalized spacial score (nSPS) is 10.3. The lowest BCUT2D eigenvalue weighted by atomic mass is 10.2. The van der Waals surface area contributed by atoms with Crippen molar-refractivity contribution in [1.82, 2.24) is 5.43 Å². The van der Waals surface area contributed by atoms with Crippen LogP contribution >= 0.6 is 34.8 Å². The number of esters is 1. The zero-order chi connectivity index (χ0) is 14.4. The minimum Gasteiger partial charge on any atom is -0.493 e. The summed E-state index contributed by atoms with van der Waals surface area (Å²) >= 11 is 6.67. The summed E-state index contributed by atoms with van der Waals surface area (Å²) in [6.07, 6.45) is 1.53. The highest BCUT2D eigenvalue weighted by Crippen LogP contribution is 2.33. The molecule has 19 heavy (non-hydrogen) atoms. The molecular weight excluding hydrogens is 381 g/mol. The summed E-state index contributed by atoms with van der Waals surface area (Å²) in [5.41, 5.74) is 8.44. The first-order chi connectivity index (χ1) is 8.93. The van der Waals surface area contributed by atoms with E-state index in [4.69, 9.17) is 15.2 Å². The van der Waals surface area contributed by atoms with Crippen LogP contribution in [0.25, 0.3) is 0 Å². The van der Waals surface area contributed by atoms with Crippen molar-refractivity contribution in [2.75, 3.05) is 7.11 Å². The molecule has 8 heteroatoms. The van der Waals surface area contributed by atoms with Crippen LogP contribution in [-0.2, 0) is 4.79 Å². The van der Waals surface area contributed by atoms with Gasteiger partial charge in [0, 0.05) is 6.92 Å². The van der Waals surface area contributed by atoms with Crippen LogP contribution in [-0.4, -0.2) is 24.4 Å². The first-order valence-electron chi connectivity index (χ1n) is 5.08. The molecule has 0 bridgehead atoms. The molecule has 0 aromatic heterocycles. The molecule has 0 fully saturated rings. The Hall–Kier alpha value is -1.42. The van der Waals surface area contributed by atoms with E-state index in [1.807, 2.05) is 22.6 Å². The number of hydrogen-bond donors (Lipinski definition) is 2. The summed E-state index contributed by atoms with van der Waals surface area (Å²) in [6, 6.07) is 3.47. The van der Waals surface area contributed by atoms with Gasteiger partial charge in [0.15, 0.2) is 16.6 Å². The van der Waals surface area contributed by atoms with Crippen LogP contribution < -0.4 is 20.6 Å². The molecule has 0 unspecified atom stereocenters. The van der Waals surface area contributed by atoms with Crippen LogP contribution in [0.4, 0.5) is 0 Å². The lowest BCUT2D eigenvalue weighted by molar-refractivity contribution is -0.132. The molecule has 102 valence electrons. The number of rotatable bonds is 4. The molecule has 3 N–H and O–H groups in total. The highest BCUT2D eigenvalue weighted by molar-refractivity contribution is 14.1. The van der Waals surface area contributed by atoms with Gasteiger partial charge in [-0.15, -0.1) is 0 Å². The van der Waals surface area contributed by atoms with Crippen molar-refractivity contribution in [2.24, 2.45) is 10.8 Å². The van der Waals surface area contributed by atoms with Crippen molar-refractivity contribution in [3.05, 3.63) is 21.3 Å². The van der Waals surface area contributed by atoms with Crippen molar-refractivity contribution < 1.29 is 14.3 Å². The number of carbonyl (C=O) groups is 1. The second kappa shape index (κ2) is 7.24. The van der Waals surface area contributed by atoms with Crippen molar-refractivity contribution in [3.8, 4) is 11.5 Å². The Bertz CT molecular complexity index is 534. The zero-order valence-corrected chi connectivity index (χ0v) is 13.2. The molecule has 0 spiro atoms. The van der Waals surface area contributed by atoms with Crippen LogP contribution in [0, 0.1) is 3.57 Å². The Morgan fingerprint density at radius 2 is 2.26 bits per heavy atom. The molecule has 0 aliphatic heterocycles. The number of hydrogen-bond acceptors (Lipinski definition) is 5. The number of benzene rings is 1. The predicted octanol–water partition coefficient (Wildman–Crippen LogP) is 1.39. The number of ether oxygens (including phenoxy) is 2. The maximum atomic E-state index is 11.0. The summed E-state index contributed by atoms with van der Waals surface area (Å²) in [5, 5.41) is 3.92. The van der Waals surface area contributed by atoms with Gasteiger partial charge in [-0.3, -0.25) is 10.2 Å². The quantitative estimate of drug-likeness (QED) is 0.201. The van der Waals surface area contributed by atoms with E-state index < -0.39 is 5.97 Å². The number of hydrazone groups is 1. The fourth-order valence-electron chi connectivity index (χ4n) is 1.23. The predicted molar refractivity (Wildman–Crippen MR) is 84.5 cm³/mol. The van der Waals surface area contributed by atoms with Gasteiger partial charge in [0.05, 0.1) is 16.9 Å². The first-order valence-corrected chi connectivity index (χ1v) is 6.57. The highest BCUT2D eigenvalue weighted by Gasteiger charge is 2.12. The van der Waals surface area contributed by atoms with Gasteiger partial charge in [0.25, 0.3) is 0 Å². The smallest absolute Gasteiger partial charge is 0.308 e. The molecule has 0 aliphatic rings. The van der Waals surface area contributed by atoms with Crippen LogP contribution in [0.5, 0.6) is 11.5 Å². The number of nitrogens with one attached hydrogen (secondary N) is 1. The first kappa shape index (κ1) is 15.6. The van der Waals surface area contributed by atoms with Crippen LogP contribution in [0.2, 0.25) is 0 Å². The Balaban J connectivity index is 3.05. The molecule has 1 rings (SSSR count). The molecule has 0 atom stereocenters. The van der Waals surface area contributed by atoms with Gasteiger partial charge >= 0.3 is 5.97 Å². The number of nitrogens with two attached hydrogens (primary N) is 1. The Morgan fingerprint density at radius 1 is 1.58 bits per heavy atom. The molecule has 1 aromatic carbocycles. The summed E-state index contributed by atoms with van der Waals surface area (Å²) < 4.78 is 11.0. The molecule has 0 aliphatic carbocycles. The number of carbonyl (C=O) groups excluding carboxylic acids is 1. The molecule has 0 amide bonds. The number of thiocarbonyl (C=S) groups is 1. The van der Waals surface area contributed by atoms with E-state index in [0.29, 0.717) is 11.5 Å². The minimum atomic E-state index is -0.409. The SMILES string of the molecule is COc1cc(/C=N\NC(N)=S)cc(I)c1OC(C)=O. The van der Waals surface area contributed by atoms with Gasteiger partial charge in [-0.1, -0.05) is 0 Å². The van der Waals surface area contributed by atoms with E-state index in [0.717, 1.165) is 9.13 Å². The largest absolute Gasteiger partial charge is 0.493 e. The summed E-state index contributed by atoms with van der Waals surface area (Å²) in [4.78, 5) is 11.0. The van der Waals surface area contributed by atoms with E-state index in [2.05, 4.69) is 22.7 Å². The third-order valence-corrected chi connectivity index (χ3v) is 2.78. The zero-order valence-electron chi connectivity index (χ0n) is 10.3. The summed E-state index contributed by atoms with van der Waals surface area (Å²) in [7, 11) is 1.49. The average molecular weight is 393 g/mol. The molecule has 1 aromatic rings. The van der Waals surface area contributed by atoms with E-state index >= 15 is 0 Å². The number of methoxy groups -OCH3 is 1. The standard InChI is InChI=1S/C11H12IN3O3S/c1-6(16)18-10-8(12)3-7(4-9(10)17-2)5-14-15-11(13)19/h3-5H,1-2H3,(H3,13,15,19)/b14-5-. The molecule has 0 saturated carbocycles. The van der Waals surface area contributed by atoms with Gasteiger partial charge in [-0.25, -0.2) is 0 Å². The Kier molecular flexibility index (Phi) is 5.96. The fourth-order valence-corrected chi connectivity index (χ4v) is 2.02. The van der Waals surface area contributed by atoms with E-state index in [1.54, 1.807) is 12.1 Å².